The Morgan fingerprint density at radius 1 is 1.47 bits per heavy atom. The van der Waals surface area contributed by atoms with E-state index in [1.807, 2.05) is 13.0 Å². The predicted octanol–water partition coefficient (Wildman–Crippen LogP) is 1.09. The van der Waals surface area contributed by atoms with Gasteiger partial charge < -0.3 is 0 Å². The zero-order valence-corrected chi connectivity index (χ0v) is 11.5. The van der Waals surface area contributed by atoms with Gasteiger partial charge in [-0.25, -0.2) is 18.5 Å². The number of nitrogens with zero attached hydrogens (tertiary/aromatic N) is 3. The lowest BCUT2D eigenvalue weighted by molar-refractivity contribution is 0.588. The first-order valence-corrected chi connectivity index (χ1v) is 7.34. The molecule has 2 heterocycles. The highest BCUT2D eigenvalue weighted by Crippen LogP contribution is 2.21. The number of hydrogen-bond donors (Lipinski definition) is 1. The van der Waals surface area contributed by atoms with Crippen LogP contribution in [0, 0.1) is 0 Å². The van der Waals surface area contributed by atoms with Crippen molar-refractivity contribution in [3.05, 3.63) is 22.4 Å². The Hall–Kier alpha value is -0.990. The van der Waals surface area contributed by atoms with Crippen LogP contribution < -0.4 is 5.14 Å². The summed E-state index contributed by atoms with van der Waals surface area (Å²) in [6, 6.07) is 3.54. The Morgan fingerprint density at radius 3 is 2.76 bits per heavy atom. The van der Waals surface area contributed by atoms with Crippen LogP contribution in [0.3, 0.4) is 0 Å². The van der Waals surface area contributed by atoms with Crippen molar-refractivity contribution < 1.29 is 8.42 Å². The van der Waals surface area contributed by atoms with Crippen molar-refractivity contribution >= 4 is 31.6 Å². The first kappa shape index (κ1) is 12.5. The van der Waals surface area contributed by atoms with E-state index in [1.54, 1.807) is 6.07 Å². The average Bonchev–Trinajstić information content (AvgIpc) is 2.53. The van der Waals surface area contributed by atoms with Crippen LogP contribution in [-0.4, -0.2) is 23.0 Å². The summed E-state index contributed by atoms with van der Waals surface area (Å²) in [6.45, 7) is 2.02. The second kappa shape index (κ2) is 4.35. The second-order valence-corrected chi connectivity index (χ2v) is 5.83. The smallest absolute Gasteiger partial charge is 0.223 e. The Morgan fingerprint density at radius 2 is 2.18 bits per heavy atom. The zero-order valence-electron chi connectivity index (χ0n) is 9.09. The fraction of sp³-hybridized carbons (Fsp3) is 0.333. The summed E-state index contributed by atoms with van der Waals surface area (Å²) >= 11 is 3.08. The molecule has 2 N–H and O–H groups in total. The van der Waals surface area contributed by atoms with E-state index in [0.717, 1.165) is 18.5 Å². The number of hydrogen-bond acceptors (Lipinski definition) is 4. The standard InChI is InChI=1S/C9H11BrN4O2S/c1-2-3-6-4-5-7-12-8(10)9(14(7)13-6)17(11,15)16/h4-5H,2-3H2,1H3,(H2,11,15,16). The molecule has 0 aliphatic carbocycles. The van der Waals surface area contributed by atoms with Gasteiger partial charge in [0.15, 0.2) is 5.65 Å². The minimum Gasteiger partial charge on any atom is -0.223 e. The van der Waals surface area contributed by atoms with Crippen LogP contribution in [0.5, 0.6) is 0 Å². The molecule has 2 rings (SSSR count). The highest BCUT2D eigenvalue weighted by Gasteiger charge is 2.21. The largest absolute Gasteiger partial charge is 0.258 e. The van der Waals surface area contributed by atoms with Crippen LogP contribution in [0.1, 0.15) is 19.0 Å². The van der Waals surface area contributed by atoms with Gasteiger partial charge in [0.2, 0.25) is 5.03 Å². The van der Waals surface area contributed by atoms with Gasteiger partial charge in [-0.3, -0.25) is 0 Å². The Kier molecular flexibility index (Phi) is 3.19. The van der Waals surface area contributed by atoms with E-state index in [1.165, 1.54) is 4.52 Å². The van der Waals surface area contributed by atoms with Gasteiger partial charge in [-0.2, -0.15) is 9.61 Å². The Labute approximate surface area is 107 Å². The molecule has 8 heteroatoms. The highest BCUT2D eigenvalue weighted by molar-refractivity contribution is 9.10. The Balaban J connectivity index is 2.74. The first-order valence-electron chi connectivity index (χ1n) is 5.00. The van der Waals surface area contributed by atoms with Gasteiger partial charge in [-0.05, 0) is 34.5 Å². The van der Waals surface area contributed by atoms with Gasteiger partial charge in [0, 0.05) is 0 Å². The predicted molar refractivity (Wildman–Crippen MR) is 66.1 cm³/mol. The van der Waals surface area contributed by atoms with Gasteiger partial charge >= 0.3 is 0 Å². The number of primary sulfonamides is 1. The number of sulfonamides is 1. The topological polar surface area (TPSA) is 90.3 Å². The van der Waals surface area contributed by atoms with E-state index >= 15 is 0 Å². The van der Waals surface area contributed by atoms with Crippen molar-refractivity contribution in [3.63, 3.8) is 0 Å². The number of aromatic nitrogens is 3. The van der Waals surface area contributed by atoms with Crippen LogP contribution in [-0.2, 0) is 16.4 Å². The molecule has 0 radical (unpaired) electrons. The normalized spacial score (nSPS) is 12.2. The maximum atomic E-state index is 11.4. The van der Waals surface area contributed by atoms with E-state index in [2.05, 4.69) is 26.0 Å². The molecule has 0 saturated carbocycles. The van der Waals surface area contributed by atoms with Crippen LogP contribution in [0.15, 0.2) is 21.8 Å². The maximum absolute atomic E-state index is 11.4. The lowest BCUT2D eigenvalue weighted by atomic mass is 10.2. The fourth-order valence-corrected chi connectivity index (χ4v) is 3.23. The summed E-state index contributed by atoms with van der Waals surface area (Å²) in [6.07, 6.45) is 1.70. The van der Waals surface area contributed by atoms with E-state index < -0.39 is 10.0 Å². The summed E-state index contributed by atoms with van der Waals surface area (Å²) in [5.41, 5.74) is 1.25. The molecular formula is C9H11BrN4O2S. The van der Waals surface area contributed by atoms with E-state index in [4.69, 9.17) is 5.14 Å². The van der Waals surface area contributed by atoms with Crippen LogP contribution >= 0.6 is 15.9 Å². The molecule has 2 aromatic rings. The third-order valence-electron chi connectivity index (χ3n) is 2.23. The van der Waals surface area contributed by atoms with Crippen LogP contribution in [0.4, 0.5) is 0 Å². The first-order chi connectivity index (χ1) is 7.93. The monoisotopic (exact) mass is 318 g/mol. The fourth-order valence-electron chi connectivity index (χ4n) is 1.55. The molecule has 0 spiro atoms. The van der Waals surface area contributed by atoms with Crippen LogP contribution in [0.2, 0.25) is 0 Å². The third kappa shape index (κ3) is 2.33. The average molecular weight is 319 g/mol. The van der Waals surface area contributed by atoms with Crippen molar-refractivity contribution in [1.29, 1.82) is 0 Å². The quantitative estimate of drug-likeness (QED) is 0.917. The number of halogens is 1. The molecular weight excluding hydrogens is 308 g/mol. The summed E-state index contributed by atoms with van der Waals surface area (Å²) in [5, 5.41) is 9.23. The van der Waals surface area contributed by atoms with E-state index in [-0.39, 0.29) is 9.63 Å². The van der Waals surface area contributed by atoms with E-state index in [0.29, 0.717) is 5.65 Å². The Bertz CT molecular complexity index is 665. The van der Waals surface area contributed by atoms with Gasteiger partial charge in [-0.15, -0.1) is 0 Å². The molecule has 0 saturated heterocycles. The molecule has 6 nitrogen and oxygen atoms in total. The molecule has 2 aromatic heterocycles. The minimum absolute atomic E-state index is 0.120. The molecule has 0 aliphatic rings. The molecule has 0 aliphatic heterocycles. The van der Waals surface area contributed by atoms with E-state index in [9.17, 15) is 8.42 Å². The molecule has 0 fully saturated rings. The van der Waals surface area contributed by atoms with Crippen LogP contribution in [0.25, 0.3) is 5.65 Å². The van der Waals surface area contributed by atoms with Gasteiger partial charge in [0.05, 0.1) is 5.69 Å². The molecule has 0 bridgehead atoms. The summed E-state index contributed by atoms with van der Waals surface area (Å²) in [5.74, 6) is 0. The van der Waals surface area contributed by atoms with Crippen molar-refractivity contribution in [2.45, 2.75) is 24.8 Å². The molecule has 92 valence electrons. The third-order valence-corrected chi connectivity index (χ3v) is 3.95. The molecule has 0 aromatic carbocycles. The van der Waals surface area contributed by atoms with Crippen molar-refractivity contribution in [3.8, 4) is 0 Å². The van der Waals surface area contributed by atoms with Crippen molar-refractivity contribution in [2.24, 2.45) is 5.14 Å². The second-order valence-electron chi connectivity index (χ2n) is 3.60. The number of aryl methyl sites for hydroxylation is 1. The van der Waals surface area contributed by atoms with Gasteiger partial charge in [-0.1, -0.05) is 13.3 Å². The molecule has 0 unspecified atom stereocenters. The zero-order chi connectivity index (χ0) is 12.6. The lowest BCUT2D eigenvalue weighted by Crippen LogP contribution is -2.16. The van der Waals surface area contributed by atoms with Gasteiger partial charge in [0.25, 0.3) is 10.0 Å². The SMILES string of the molecule is CCCc1ccc2nc(Br)c(S(N)(=O)=O)n2n1. The summed E-state index contributed by atoms with van der Waals surface area (Å²) in [7, 11) is -3.86. The lowest BCUT2D eigenvalue weighted by Gasteiger charge is -2.01. The number of rotatable bonds is 3. The number of nitrogens with two attached hydrogens (primary N) is 1. The van der Waals surface area contributed by atoms with Crippen molar-refractivity contribution in [2.75, 3.05) is 0 Å². The van der Waals surface area contributed by atoms with Gasteiger partial charge in [0.1, 0.15) is 4.60 Å². The molecule has 0 atom stereocenters. The maximum Gasteiger partial charge on any atom is 0.258 e. The minimum atomic E-state index is -3.86. The molecule has 17 heavy (non-hydrogen) atoms. The molecule has 0 amide bonds. The highest BCUT2D eigenvalue weighted by atomic mass is 79.9. The number of imidazole rings is 1. The summed E-state index contributed by atoms with van der Waals surface area (Å²) in [4.78, 5) is 4.04. The summed E-state index contributed by atoms with van der Waals surface area (Å²) < 4.78 is 24.3. The number of fused-ring (bicyclic) bond motifs is 1. The van der Waals surface area contributed by atoms with Crippen molar-refractivity contribution in [1.82, 2.24) is 14.6 Å².